The summed E-state index contributed by atoms with van der Waals surface area (Å²) in [6, 6.07) is 17.6. The molecule has 0 saturated carbocycles. The third-order valence-corrected chi connectivity index (χ3v) is 11.5. The molecule has 61 heavy (non-hydrogen) atoms. The van der Waals surface area contributed by atoms with Crippen LogP contribution in [0.25, 0.3) is 0 Å². The number of hydrogen-bond acceptors (Lipinski definition) is 13. The number of primary sulfonamides is 1. The summed E-state index contributed by atoms with van der Waals surface area (Å²) in [5, 5.41) is 36.4. The number of halogens is 3. The molecule has 2 aliphatic rings. The van der Waals surface area contributed by atoms with Crippen LogP contribution in [0.1, 0.15) is 49.7 Å². The zero-order chi connectivity index (χ0) is 44.9. The Morgan fingerprint density at radius 2 is 1.11 bits per heavy atom. The van der Waals surface area contributed by atoms with Gasteiger partial charge in [-0.2, -0.15) is 48.1 Å². The van der Waals surface area contributed by atoms with Gasteiger partial charge in [0.05, 0.1) is 14.2 Å². The van der Waals surface area contributed by atoms with Gasteiger partial charge < -0.3 is 14.6 Å². The number of benzene rings is 2. The van der Waals surface area contributed by atoms with Crippen molar-refractivity contribution in [1.29, 1.82) is 0 Å². The molecular weight excluding hydrogens is 846 g/mol. The number of alkyl halides is 3. The van der Waals surface area contributed by atoms with Crippen LogP contribution in [0.4, 0.5) is 13.2 Å². The molecule has 0 spiro atoms. The molecule has 0 amide bonds. The van der Waals surface area contributed by atoms with Crippen molar-refractivity contribution in [3.63, 3.8) is 0 Å². The van der Waals surface area contributed by atoms with Crippen LogP contribution in [0.15, 0.2) is 104 Å². The van der Waals surface area contributed by atoms with Gasteiger partial charge in [0.25, 0.3) is 20.0 Å². The topological polar surface area (TPSA) is 238 Å². The highest BCUT2D eigenvalue weighted by molar-refractivity contribution is 7.89. The summed E-state index contributed by atoms with van der Waals surface area (Å²) in [7, 11) is -4.45. The molecule has 3 N–H and O–H groups in total. The molecule has 0 unspecified atom stereocenters. The van der Waals surface area contributed by atoms with E-state index in [2.05, 4.69) is 42.5 Å². The van der Waals surface area contributed by atoms with E-state index in [4.69, 9.17) is 37.4 Å². The highest BCUT2D eigenvalue weighted by atomic mass is 32.2. The van der Waals surface area contributed by atoms with Gasteiger partial charge in [-0.25, -0.2) is 26.8 Å². The number of aliphatic carboxylic acids is 1. The van der Waals surface area contributed by atoms with Crippen molar-refractivity contribution in [2.24, 2.45) is 25.6 Å². The van der Waals surface area contributed by atoms with Gasteiger partial charge in [-0.15, -0.1) is 24.7 Å². The fraction of sp³-hybridized carbons (Fsp3) is 0.395. The van der Waals surface area contributed by atoms with Gasteiger partial charge >= 0.3 is 12.1 Å². The van der Waals surface area contributed by atoms with E-state index >= 15 is 0 Å². The van der Waals surface area contributed by atoms with E-state index in [0.29, 0.717) is 63.1 Å². The number of sulfonamides is 2. The summed E-state index contributed by atoms with van der Waals surface area (Å²) < 4.78 is 96.2. The van der Waals surface area contributed by atoms with E-state index in [1.54, 1.807) is 31.3 Å². The number of nitrogens with zero attached hydrogens (tertiary/aromatic N) is 9. The van der Waals surface area contributed by atoms with Crippen LogP contribution in [0.5, 0.6) is 11.5 Å². The van der Waals surface area contributed by atoms with Gasteiger partial charge in [0, 0.05) is 77.1 Å². The highest BCUT2D eigenvalue weighted by Gasteiger charge is 2.40. The van der Waals surface area contributed by atoms with E-state index in [-0.39, 0.29) is 28.8 Å². The monoisotopic (exact) mass is 888 g/mol. The molecule has 18 nitrogen and oxygen atoms in total. The smallest absolute Gasteiger partial charge is 0.490 e. The Morgan fingerprint density at radius 1 is 0.738 bits per heavy atom. The number of rotatable bonds is 19. The summed E-state index contributed by atoms with van der Waals surface area (Å²) >= 11 is 0. The second kappa shape index (κ2) is 20.4. The number of carbonyl (C=O) groups is 1. The minimum atomic E-state index is -5.08. The Morgan fingerprint density at radius 3 is 1.43 bits per heavy atom. The zero-order valence-corrected chi connectivity index (χ0v) is 34.6. The lowest BCUT2D eigenvalue weighted by Crippen LogP contribution is -2.30. The lowest BCUT2D eigenvalue weighted by Gasteiger charge is -2.21. The van der Waals surface area contributed by atoms with Crippen LogP contribution < -0.4 is 14.6 Å². The molecule has 0 fully saturated rings. The Hall–Kier alpha value is -6.14. The van der Waals surface area contributed by atoms with Crippen molar-refractivity contribution in [3.8, 4) is 36.2 Å². The first kappa shape index (κ1) is 47.5. The summed E-state index contributed by atoms with van der Waals surface area (Å²) in [6.45, 7) is 1.37. The molecule has 2 aromatic carbocycles. The Labute approximate surface area is 350 Å². The number of terminal acetylenes is 2. The van der Waals surface area contributed by atoms with E-state index in [1.165, 1.54) is 21.1 Å². The van der Waals surface area contributed by atoms with E-state index in [9.17, 15) is 30.0 Å². The molecule has 2 aliphatic heterocycles. The molecule has 4 aromatic rings. The first-order valence-corrected chi connectivity index (χ1v) is 21.2. The number of hydrogen-bond donors (Lipinski definition) is 2. The van der Waals surface area contributed by atoms with Crippen molar-refractivity contribution >= 4 is 26.0 Å². The second-order valence-electron chi connectivity index (χ2n) is 13.4. The maximum absolute atomic E-state index is 13.7. The SMILES string of the molecule is C#CCCC1(CCn2ccc(S(=O)(=O)N(Cc3ccc(OC)cc3)Cc3ccc(OC)cc3)n2)N=N1.C#CCCC1(CCn2ccc(S(N)(=O)=O)n2)N=N1.O=C(O)C(F)(F)F. The molecule has 326 valence electrons. The number of methoxy groups -OCH3 is 2. The van der Waals surface area contributed by atoms with Gasteiger partial charge in [-0.3, -0.25) is 9.36 Å². The van der Waals surface area contributed by atoms with Gasteiger partial charge in [-0.05, 0) is 47.5 Å². The maximum atomic E-state index is 13.7. The number of carboxylic acids is 1. The highest BCUT2D eigenvalue weighted by Crippen LogP contribution is 2.38. The summed E-state index contributed by atoms with van der Waals surface area (Å²) in [6.07, 6.45) is 12.6. The first-order valence-electron chi connectivity index (χ1n) is 18.2. The van der Waals surface area contributed by atoms with Gasteiger partial charge in [0.1, 0.15) is 11.5 Å². The predicted octanol–water partition coefficient (Wildman–Crippen LogP) is 5.39. The van der Waals surface area contributed by atoms with Crippen LogP contribution >= 0.6 is 0 Å². The van der Waals surface area contributed by atoms with Crippen molar-refractivity contribution < 1.29 is 49.4 Å². The summed E-state index contributed by atoms with van der Waals surface area (Å²) in [5.41, 5.74) is 0.825. The number of nitrogens with two attached hydrogens (primary N) is 1. The second-order valence-corrected chi connectivity index (χ2v) is 16.8. The molecule has 0 atom stereocenters. The van der Waals surface area contributed by atoms with Crippen LogP contribution in [0, 0.1) is 24.7 Å². The van der Waals surface area contributed by atoms with Crippen molar-refractivity contribution in [3.05, 3.63) is 84.2 Å². The number of carboxylic acid groups (broad SMARTS) is 1. The standard InChI is InChI=1S/C26H29N5O4S.C10H13N5O2S.C2HF3O2/c1-4-5-15-26(28-29-26)16-18-30-17-14-25(27-30)36(32,33)31(19-21-6-10-23(34-2)11-7-21)20-22-8-12-24(35-3)13-9-22;1-2-3-5-10(13-14-10)6-8-15-7-4-9(12-15)18(11,16)17;3-2(4,5)1(6)7/h1,6-14,17H,5,15-16,18-20H2,2-3H3;1,4,7H,3,5-6,8H2,(H2,11,16,17);(H,6,7). The third-order valence-electron chi connectivity index (χ3n) is 8.99. The Bertz CT molecular complexity index is 2410. The molecule has 6 rings (SSSR count). The fourth-order valence-electron chi connectivity index (χ4n) is 5.38. The third kappa shape index (κ3) is 14.5. The van der Waals surface area contributed by atoms with E-state index in [0.717, 1.165) is 11.1 Å². The van der Waals surface area contributed by atoms with Gasteiger partial charge in [-0.1, -0.05) is 24.3 Å². The van der Waals surface area contributed by atoms with Crippen LogP contribution in [-0.2, 0) is 51.0 Å². The normalized spacial score (nSPS) is 14.4. The predicted molar refractivity (Wildman–Crippen MR) is 212 cm³/mol. The molecular formula is C38H43F3N10O8S2. The number of aromatic nitrogens is 4. The van der Waals surface area contributed by atoms with Crippen molar-refractivity contribution in [2.75, 3.05) is 14.2 Å². The molecule has 4 heterocycles. The first-order chi connectivity index (χ1) is 28.8. The molecule has 0 aliphatic carbocycles. The average molecular weight is 889 g/mol. The number of ether oxygens (including phenoxy) is 2. The van der Waals surface area contributed by atoms with Gasteiger partial charge in [0.15, 0.2) is 21.4 Å². The maximum Gasteiger partial charge on any atom is 0.490 e. The van der Waals surface area contributed by atoms with Crippen LogP contribution in [0.2, 0.25) is 0 Å². The Kier molecular flexibility index (Phi) is 15.9. The largest absolute Gasteiger partial charge is 0.497 e. The Balaban J connectivity index is 0.000000270. The molecule has 23 heteroatoms. The zero-order valence-electron chi connectivity index (χ0n) is 33.0. The fourth-order valence-corrected chi connectivity index (χ4v) is 7.19. The molecule has 0 bridgehead atoms. The lowest BCUT2D eigenvalue weighted by molar-refractivity contribution is -0.192. The van der Waals surface area contributed by atoms with E-state index in [1.807, 2.05) is 48.5 Å². The lowest BCUT2D eigenvalue weighted by atomic mass is 10.0. The minimum absolute atomic E-state index is 0.00753. The summed E-state index contributed by atoms with van der Waals surface area (Å²) in [5.74, 6) is 3.81. The average Bonchev–Trinajstić information content (AvgIpc) is 4.05. The van der Waals surface area contributed by atoms with E-state index < -0.39 is 37.9 Å². The molecule has 0 saturated heterocycles. The van der Waals surface area contributed by atoms with Crippen molar-refractivity contribution in [1.82, 2.24) is 23.9 Å². The van der Waals surface area contributed by atoms with Crippen molar-refractivity contribution in [2.45, 2.75) is 92.3 Å². The minimum Gasteiger partial charge on any atom is -0.497 e. The summed E-state index contributed by atoms with van der Waals surface area (Å²) in [4.78, 5) is 8.90. The van der Waals surface area contributed by atoms with Gasteiger partial charge in [0.2, 0.25) is 0 Å². The molecule has 2 aromatic heterocycles. The van der Waals surface area contributed by atoms with Crippen LogP contribution in [0.3, 0.4) is 0 Å². The number of aryl methyl sites for hydroxylation is 2. The van der Waals surface area contributed by atoms with Crippen LogP contribution in [-0.4, -0.2) is 83.5 Å². The quantitative estimate of drug-likeness (QED) is 0.114. The molecule has 0 radical (unpaired) electrons.